The van der Waals surface area contributed by atoms with E-state index in [1.165, 1.54) is 27.6 Å². The number of nitrogens with one attached hydrogen (secondary N) is 1. The lowest BCUT2D eigenvalue weighted by Crippen LogP contribution is -2.30. The molecule has 1 heterocycles. The van der Waals surface area contributed by atoms with E-state index in [4.69, 9.17) is 0 Å². The number of fused-ring (bicyclic) bond motifs is 1. The molecule has 4 aromatic rings. The van der Waals surface area contributed by atoms with E-state index in [-0.39, 0.29) is 0 Å². The van der Waals surface area contributed by atoms with E-state index in [2.05, 4.69) is 120 Å². The molecule has 0 aliphatic carbocycles. The Balaban J connectivity index is 1.35. The molecule has 1 aliphatic heterocycles. The molecule has 3 atom stereocenters. The lowest BCUT2D eigenvalue weighted by atomic mass is 9.88. The molecule has 1 fully saturated rings. The largest absolute Gasteiger partial charge is 0.371 e. The molecule has 0 radical (unpaired) electrons. The Morgan fingerprint density at radius 2 is 1.45 bits per heavy atom. The Kier molecular flexibility index (Phi) is 5.73. The molecule has 3 unspecified atom stereocenters. The van der Waals surface area contributed by atoms with Gasteiger partial charge in [0.05, 0.1) is 0 Å². The van der Waals surface area contributed by atoms with Crippen molar-refractivity contribution in [2.75, 3.05) is 24.5 Å². The Labute approximate surface area is 185 Å². The summed E-state index contributed by atoms with van der Waals surface area (Å²) in [5.41, 5.74) is 4.16. The van der Waals surface area contributed by atoms with E-state index in [9.17, 15) is 0 Å². The summed E-state index contributed by atoms with van der Waals surface area (Å²) < 4.78 is 0. The standard InChI is InChI=1S/C29H30N2/c1-22(27-18-10-14-23-13-8-9-17-28(23)27)30-19-25-20-31(26-15-6-3-7-16-26)21-29(25)24-11-4-2-5-12-24/h2-18,22,25,29-30H,19-21H2,1H3. The quantitative estimate of drug-likeness (QED) is 0.398. The third-order valence-electron chi connectivity index (χ3n) is 6.77. The van der Waals surface area contributed by atoms with Crippen molar-refractivity contribution in [3.8, 4) is 0 Å². The first-order chi connectivity index (χ1) is 15.3. The summed E-state index contributed by atoms with van der Waals surface area (Å²) in [7, 11) is 0. The van der Waals surface area contributed by atoms with Gasteiger partial charge in [-0.05, 0) is 46.9 Å². The van der Waals surface area contributed by atoms with E-state index in [0.29, 0.717) is 17.9 Å². The summed E-state index contributed by atoms with van der Waals surface area (Å²) in [5, 5.41) is 6.54. The van der Waals surface area contributed by atoms with Gasteiger partial charge in [-0.2, -0.15) is 0 Å². The maximum absolute atomic E-state index is 3.88. The highest BCUT2D eigenvalue weighted by molar-refractivity contribution is 5.86. The Morgan fingerprint density at radius 1 is 0.774 bits per heavy atom. The van der Waals surface area contributed by atoms with Crippen molar-refractivity contribution in [1.29, 1.82) is 0 Å². The van der Waals surface area contributed by atoms with Crippen molar-refractivity contribution in [3.05, 3.63) is 114 Å². The summed E-state index contributed by atoms with van der Waals surface area (Å²) in [6, 6.07) is 37.5. The first-order valence-electron chi connectivity index (χ1n) is 11.4. The molecule has 0 bridgehead atoms. The van der Waals surface area contributed by atoms with Gasteiger partial charge in [-0.1, -0.05) is 91.0 Å². The zero-order valence-corrected chi connectivity index (χ0v) is 18.1. The summed E-state index contributed by atoms with van der Waals surface area (Å²) in [5.74, 6) is 1.11. The van der Waals surface area contributed by atoms with E-state index < -0.39 is 0 Å². The molecule has 2 heteroatoms. The van der Waals surface area contributed by atoms with E-state index in [1.54, 1.807) is 0 Å². The van der Waals surface area contributed by atoms with Crippen LogP contribution in [-0.4, -0.2) is 19.6 Å². The SMILES string of the molecule is CC(NCC1CN(c2ccccc2)CC1c1ccccc1)c1cccc2ccccc12. The molecule has 2 nitrogen and oxygen atoms in total. The van der Waals surface area contributed by atoms with Crippen molar-refractivity contribution in [2.24, 2.45) is 5.92 Å². The minimum Gasteiger partial charge on any atom is -0.371 e. The number of para-hydroxylation sites is 1. The third-order valence-corrected chi connectivity index (χ3v) is 6.77. The molecule has 0 amide bonds. The third kappa shape index (κ3) is 4.22. The van der Waals surface area contributed by atoms with Gasteiger partial charge in [-0.3, -0.25) is 0 Å². The van der Waals surface area contributed by atoms with Crippen LogP contribution in [0.2, 0.25) is 0 Å². The Bertz CT molecular complexity index is 1120. The number of rotatable bonds is 6. The zero-order valence-electron chi connectivity index (χ0n) is 18.1. The molecular formula is C29H30N2. The highest BCUT2D eigenvalue weighted by Crippen LogP contribution is 2.35. The summed E-state index contributed by atoms with van der Waals surface area (Å²) >= 11 is 0. The van der Waals surface area contributed by atoms with Crippen LogP contribution in [0.3, 0.4) is 0 Å². The fourth-order valence-corrected chi connectivity index (χ4v) is 5.07. The van der Waals surface area contributed by atoms with Gasteiger partial charge >= 0.3 is 0 Å². The van der Waals surface area contributed by atoms with Crippen molar-refractivity contribution >= 4 is 16.5 Å². The second-order valence-corrected chi connectivity index (χ2v) is 8.72. The van der Waals surface area contributed by atoms with Crippen molar-refractivity contribution < 1.29 is 0 Å². The fourth-order valence-electron chi connectivity index (χ4n) is 5.07. The van der Waals surface area contributed by atoms with Gasteiger partial charge in [-0.25, -0.2) is 0 Å². The molecule has 1 aliphatic rings. The highest BCUT2D eigenvalue weighted by atomic mass is 15.2. The topological polar surface area (TPSA) is 15.3 Å². The Morgan fingerprint density at radius 3 is 2.26 bits per heavy atom. The number of benzene rings is 4. The summed E-state index contributed by atoms with van der Waals surface area (Å²) in [4.78, 5) is 2.55. The van der Waals surface area contributed by atoms with E-state index >= 15 is 0 Å². The molecule has 31 heavy (non-hydrogen) atoms. The zero-order chi connectivity index (χ0) is 21.0. The molecule has 5 rings (SSSR count). The van der Waals surface area contributed by atoms with Crippen LogP contribution in [0.15, 0.2) is 103 Å². The minimum absolute atomic E-state index is 0.313. The maximum atomic E-state index is 3.88. The number of nitrogens with zero attached hydrogens (tertiary/aromatic N) is 1. The van der Waals surface area contributed by atoms with Gasteiger partial charge in [-0.15, -0.1) is 0 Å². The molecule has 4 aromatic carbocycles. The van der Waals surface area contributed by atoms with Crippen LogP contribution in [0.1, 0.15) is 30.0 Å². The van der Waals surface area contributed by atoms with Gasteiger partial charge in [0, 0.05) is 37.3 Å². The van der Waals surface area contributed by atoms with Gasteiger partial charge in [0.15, 0.2) is 0 Å². The second-order valence-electron chi connectivity index (χ2n) is 8.72. The summed E-state index contributed by atoms with van der Waals surface area (Å²) in [6.45, 7) is 5.46. The molecule has 0 spiro atoms. The van der Waals surface area contributed by atoms with Crippen LogP contribution in [0, 0.1) is 5.92 Å². The van der Waals surface area contributed by atoms with Crippen molar-refractivity contribution in [2.45, 2.75) is 18.9 Å². The molecule has 0 saturated carbocycles. The van der Waals surface area contributed by atoms with Gasteiger partial charge < -0.3 is 10.2 Å². The van der Waals surface area contributed by atoms with Crippen LogP contribution < -0.4 is 10.2 Å². The summed E-state index contributed by atoms with van der Waals surface area (Å²) in [6.07, 6.45) is 0. The van der Waals surface area contributed by atoms with E-state index in [1.807, 2.05) is 0 Å². The van der Waals surface area contributed by atoms with Gasteiger partial charge in [0.25, 0.3) is 0 Å². The van der Waals surface area contributed by atoms with Crippen LogP contribution in [0.5, 0.6) is 0 Å². The second kappa shape index (κ2) is 8.95. The van der Waals surface area contributed by atoms with Crippen LogP contribution in [-0.2, 0) is 0 Å². The number of anilines is 1. The molecule has 1 saturated heterocycles. The fraction of sp³-hybridized carbons (Fsp3) is 0.241. The minimum atomic E-state index is 0.313. The van der Waals surface area contributed by atoms with Crippen LogP contribution in [0.25, 0.3) is 10.8 Å². The maximum Gasteiger partial charge on any atom is 0.0366 e. The lowest BCUT2D eigenvalue weighted by molar-refractivity contribution is 0.441. The molecule has 1 N–H and O–H groups in total. The van der Waals surface area contributed by atoms with Crippen LogP contribution in [0.4, 0.5) is 5.69 Å². The predicted octanol–water partition coefficient (Wildman–Crippen LogP) is 6.41. The average Bonchev–Trinajstić information content (AvgIpc) is 3.27. The monoisotopic (exact) mass is 406 g/mol. The predicted molar refractivity (Wildman–Crippen MR) is 132 cm³/mol. The number of hydrogen-bond acceptors (Lipinski definition) is 2. The van der Waals surface area contributed by atoms with Crippen molar-refractivity contribution in [3.63, 3.8) is 0 Å². The highest BCUT2D eigenvalue weighted by Gasteiger charge is 2.34. The van der Waals surface area contributed by atoms with Gasteiger partial charge in [0.1, 0.15) is 0 Å². The number of hydrogen-bond donors (Lipinski definition) is 1. The van der Waals surface area contributed by atoms with Crippen molar-refractivity contribution in [1.82, 2.24) is 5.32 Å². The normalized spacial score (nSPS) is 19.6. The molecule has 0 aromatic heterocycles. The first-order valence-corrected chi connectivity index (χ1v) is 11.4. The van der Waals surface area contributed by atoms with Crippen LogP contribution >= 0.6 is 0 Å². The first kappa shape index (κ1) is 19.8. The average molecular weight is 407 g/mol. The lowest BCUT2D eigenvalue weighted by Gasteiger charge is -2.23. The molecular weight excluding hydrogens is 376 g/mol. The van der Waals surface area contributed by atoms with E-state index in [0.717, 1.165) is 19.6 Å². The van der Waals surface area contributed by atoms with Gasteiger partial charge in [0.2, 0.25) is 0 Å². The molecule has 156 valence electrons. The smallest absolute Gasteiger partial charge is 0.0366 e. The Hall–Kier alpha value is -3.10.